The van der Waals surface area contributed by atoms with Crippen LogP contribution in [0.4, 0.5) is 0 Å². The van der Waals surface area contributed by atoms with Gasteiger partial charge in [0.2, 0.25) is 0 Å². The number of aromatic nitrogens is 4. The molecule has 3 aromatic rings. The molecule has 2 heterocycles. The van der Waals surface area contributed by atoms with Gasteiger partial charge < -0.3 is 9.30 Å². The van der Waals surface area contributed by atoms with Crippen molar-refractivity contribution in [3.05, 3.63) is 66.5 Å². The summed E-state index contributed by atoms with van der Waals surface area (Å²) in [5.74, 6) is 0.516. The first-order valence-corrected chi connectivity index (χ1v) is 7.42. The van der Waals surface area contributed by atoms with Crippen LogP contribution in [0.15, 0.2) is 55.1 Å². The fraction of sp³-hybridized carbons (Fsp3) is 0.235. The summed E-state index contributed by atoms with van der Waals surface area (Å²) in [4.78, 5) is 16.4. The van der Waals surface area contributed by atoms with Crippen molar-refractivity contribution in [1.82, 2.24) is 19.3 Å². The quantitative estimate of drug-likeness (QED) is 0.680. The number of para-hydroxylation sites is 1. The molecule has 6 nitrogen and oxygen atoms in total. The van der Waals surface area contributed by atoms with Crippen molar-refractivity contribution in [2.24, 2.45) is 0 Å². The lowest BCUT2D eigenvalue weighted by atomic mass is 10.3. The second-order valence-corrected chi connectivity index (χ2v) is 5.35. The monoisotopic (exact) mass is 310 g/mol. The van der Waals surface area contributed by atoms with E-state index < -0.39 is 0 Å². The molecule has 1 aromatic carbocycles. The number of benzene rings is 1. The summed E-state index contributed by atoms with van der Waals surface area (Å²) in [5, 5.41) is 4.21. The highest BCUT2D eigenvalue weighted by Gasteiger charge is 2.15. The molecule has 0 saturated carbocycles. The largest absolute Gasteiger partial charge is 0.457 e. The lowest BCUT2D eigenvalue weighted by molar-refractivity contribution is 0.0305. The lowest BCUT2D eigenvalue weighted by Crippen LogP contribution is -2.20. The first-order valence-electron chi connectivity index (χ1n) is 7.42. The van der Waals surface area contributed by atoms with Crippen molar-refractivity contribution < 1.29 is 9.53 Å². The van der Waals surface area contributed by atoms with Crippen molar-refractivity contribution in [3.63, 3.8) is 0 Å². The zero-order valence-corrected chi connectivity index (χ0v) is 13.1. The molecule has 0 spiro atoms. The third-order valence-electron chi connectivity index (χ3n) is 3.52. The molecule has 0 bridgehead atoms. The molecular formula is C17H18N4O2. The van der Waals surface area contributed by atoms with Gasteiger partial charge in [-0.3, -0.25) is 0 Å². The number of ether oxygens (including phenoxy) is 1. The number of hydrogen-bond donors (Lipinski definition) is 0. The zero-order valence-electron chi connectivity index (χ0n) is 13.1. The fourth-order valence-corrected chi connectivity index (χ4v) is 2.31. The molecule has 0 radical (unpaired) electrons. The molecular weight excluding hydrogens is 292 g/mol. The number of rotatable bonds is 5. The van der Waals surface area contributed by atoms with Gasteiger partial charge in [-0.05, 0) is 26.0 Å². The molecule has 0 aliphatic carbocycles. The molecule has 1 atom stereocenters. The van der Waals surface area contributed by atoms with Crippen molar-refractivity contribution in [2.45, 2.75) is 26.5 Å². The molecule has 23 heavy (non-hydrogen) atoms. The van der Waals surface area contributed by atoms with E-state index in [2.05, 4.69) is 10.1 Å². The third kappa shape index (κ3) is 3.48. The van der Waals surface area contributed by atoms with Crippen molar-refractivity contribution in [2.75, 3.05) is 0 Å². The summed E-state index contributed by atoms with van der Waals surface area (Å²) in [6, 6.07) is 9.62. The molecule has 0 amide bonds. The van der Waals surface area contributed by atoms with Crippen LogP contribution < -0.4 is 0 Å². The van der Waals surface area contributed by atoms with Gasteiger partial charge in [-0.25, -0.2) is 14.5 Å². The smallest absolute Gasteiger partial charge is 0.341 e. The second kappa shape index (κ2) is 6.48. The number of carbonyl (C=O) groups is 1. The summed E-state index contributed by atoms with van der Waals surface area (Å²) in [6.45, 7) is 4.35. The molecule has 118 valence electrons. The summed E-state index contributed by atoms with van der Waals surface area (Å²) in [5.41, 5.74) is 1.33. The van der Waals surface area contributed by atoms with E-state index in [1.165, 1.54) is 6.20 Å². The summed E-state index contributed by atoms with van der Waals surface area (Å²) < 4.78 is 9.08. The topological polar surface area (TPSA) is 61.9 Å². The van der Waals surface area contributed by atoms with Crippen LogP contribution in [-0.2, 0) is 11.3 Å². The Balaban J connectivity index is 1.64. The molecule has 3 rings (SSSR count). The zero-order chi connectivity index (χ0) is 16.2. The summed E-state index contributed by atoms with van der Waals surface area (Å²) >= 11 is 0. The minimum absolute atomic E-state index is 0.254. The molecule has 0 fully saturated rings. The first kappa shape index (κ1) is 15.0. The van der Waals surface area contributed by atoms with Gasteiger partial charge in [0.15, 0.2) is 0 Å². The number of carbonyl (C=O) groups excluding carboxylic acids is 1. The third-order valence-corrected chi connectivity index (χ3v) is 3.52. The summed E-state index contributed by atoms with van der Waals surface area (Å²) in [7, 11) is 0. The molecule has 0 unspecified atom stereocenters. The van der Waals surface area contributed by atoms with E-state index in [-0.39, 0.29) is 12.1 Å². The SMILES string of the molecule is Cc1nccn1C[C@@H](C)OC(=O)c1cnn(-c2ccccc2)c1. The predicted molar refractivity (Wildman–Crippen MR) is 85.4 cm³/mol. The Morgan fingerprint density at radius 3 is 2.78 bits per heavy atom. The maximum Gasteiger partial charge on any atom is 0.341 e. The van der Waals surface area contributed by atoms with Crippen molar-refractivity contribution >= 4 is 5.97 Å². The Morgan fingerprint density at radius 2 is 2.09 bits per heavy atom. The van der Waals surface area contributed by atoms with E-state index in [0.717, 1.165) is 11.5 Å². The summed E-state index contributed by atoms with van der Waals surface area (Å²) in [6.07, 6.45) is 6.54. The first-order chi connectivity index (χ1) is 11.1. The number of esters is 1. The lowest BCUT2D eigenvalue weighted by Gasteiger charge is -2.14. The van der Waals surface area contributed by atoms with Gasteiger partial charge in [0, 0.05) is 18.6 Å². The van der Waals surface area contributed by atoms with E-state index in [0.29, 0.717) is 12.1 Å². The standard InChI is InChI=1S/C17H18N4O2/c1-13(11-20-9-8-18-14(20)2)23-17(22)15-10-19-21(12-15)16-6-4-3-5-7-16/h3-10,12-13H,11H2,1-2H3/t13-/m1/s1. The number of hydrogen-bond acceptors (Lipinski definition) is 4. The average molecular weight is 310 g/mol. The van der Waals surface area contributed by atoms with Gasteiger partial charge in [0.25, 0.3) is 0 Å². The van der Waals surface area contributed by atoms with Crippen molar-refractivity contribution in [1.29, 1.82) is 0 Å². The molecule has 0 N–H and O–H groups in total. The van der Waals surface area contributed by atoms with E-state index in [9.17, 15) is 4.79 Å². The number of nitrogens with zero attached hydrogens (tertiary/aromatic N) is 4. The normalized spacial score (nSPS) is 12.1. The average Bonchev–Trinajstić information content (AvgIpc) is 3.18. The van der Waals surface area contributed by atoms with Gasteiger partial charge in [0.05, 0.1) is 24.0 Å². The van der Waals surface area contributed by atoms with Crippen LogP contribution in [0.1, 0.15) is 23.1 Å². The fourth-order valence-electron chi connectivity index (χ4n) is 2.31. The molecule has 2 aromatic heterocycles. The molecule has 0 aliphatic heterocycles. The van der Waals surface area contributed by atoms with Crippen LogP contribution >= 0.6 is 0 Å². The molecule has 0 aliphatic rings. The van der Waals surface area contributed by atoms with Crippen molar-refractivity contribution in [3.8, 4) is 5.69 Å². The highest BCUT2D eigenvalue weighted by molar-refractivity contribution is 5.89. The minimum atomic E-state index is -0.377. The van der Waals surface area contributed by atoms with Gasteiger partial charge in [-0.2, -0.15) is 5.10 Å². The molecule has 0 saturated heterocycles. The van der Waals surface area contributed by atoms with Gasteiger partial charge in [-0.15, -0.1) is 0 Å². The van der Waals surface area contributed by atoms with Gasteiger partial charge in [0.1, 0.15) is 11.9 Å². The van der Waals surface area contributed by atoms with Gasteiger partial charge in [-0.1, -0.05) is 18.2 Å². The Kier molecular flexibility index (Phi) is 4.23. The van der Waals surface area contributed by atoms with E-state index in [1.807, 2.05) is 54.9 Å². The Labute approximate surface area is 134 Å². The van der Waals surface area contributed by atoms with E-state index in [4.69, 9.17) is 4.74 Å². The Morgan fingerprint density at radius 1 is 1.30 bits per heavy atom. The van der Waals surface area contributed by atoms with Crippen LogP contribution in [0.25, 0.3) is 5.69 Å². The number of aryl methyl sites for hydroxylation is 1. The maximum atomic E-state index is 12.2. The predicted octanol–water partition coefficient (Wildman–Crippen LogP) is 2.62. The minimum Gasteiger partial charge on any atom is -0.457 e. The highest BCUT2D eigenvalue weighted by Crippen LogP contribution is 2.10. The maximum absolute atomic E-state index is 12.2. The Bertz CT molecular complexity index is 792. The van der Waals surface area contributed by atoms with Crippen LogP contribution in [0, 0.1) is 6.92 Å². The van der Waals surface area contributed by atoms with E-state index >= 15 is 0 Å². The van der Waals surface area contributed by atoms with E-state index in [1.54, 1.807) is 17.1 Å². The van der Waals surface area contributed by atoms with Crippen LogP contribution in [-0.4, -0.2) is 31.4 Å². The van der Waals surface area contributed by atoms with Crippen LogP contribution in [0.5, 0.6) is 0 Å². The highest BCUT2D eigenvalue weighted by atomic mass is 16.5. The molecule has 6 heteroatoms. The Hall–Kier alpha value is -2.89. The number of imidazole rings is 1. The van der Waals surface area contributed by atoms with Gasteiger partial charge >= 0.3 is 5.97 Å². The van der Waals surface area contributed by atoms with Crippen LogP contribution in [0.2, 0.25) is 0 Å². The second-order valence-electron chi connectivity index (χ2n) is 5.35. The van der Waals surface area contributed by atoms with Crippen LogP contribution in [0.3, 0.4) is 0 Å².